The molecule has 0 spiro atoms. The molecule has 200 valence electrons. The van der Waals surface area contributed by atoms with Crippen LogP contribution in [0.4, 0.5) is 5.82 Å². The highest BCUT2D eigenvalue weighted by molar-refractivity contribution is 5.85. The van der Waals surface area contributed by atoms with Gasteiger partial charge in [-0.3, -0.25) is 9.59 Å². The molecule has 2 atom stereocenters. The van der Waals surface area contributed by atoms with E-state index in [4.69, 9.17) is 4.98 Å². The summed E-state index contributed by atoms with van der Waals surface area (Å²) in [5.74, 6) is 0.615. The first kappa shape index (κ1) is 27.4. The van der Waals surface area contributed by atoms with Crippen LogP contribution in [0.15, 0.2) is 36.4 Å². The number of carbonyl (C=O) groups excluding carboxylic acids is 1. The van der Waals surface area contributed by atoms with Crippen LogP contribution in [0.2, 0.25) is 0 Å². The summed E-state index contributed by atoms with van der Waals surface area (Å²) < 4.78 is 0. The molecule has 1 saturated carbocycles. The van der Waals surface area contributed by atoms with E-state index in [-0.39, 0.29) is 30.7 Å². The second kappa shape index (κ2) is 12.7. The average Bonchev–Trinajstić information content (AvgIpc) is 3.74. The van der Waals surface area contributed by atoms with Crippen molar-refractivity contribution in [2.75, 3.05) is 31.5 Å². The highest BCUT2D eigenvalue weighted by atomic mass is 35.5. The maximum Gasteiger partial charge on any atom is 0.305 e. The number of halogens is 1. The van der Waals surface area contributed by atoms with Crippen LogP contribution >= 0.6 is 12.4 Å². The highest BCUT2D eigenvalue weighted by Gasteiger charge is 2.29. The minimum atomic E-state index is -0.895. The van der Waals surface area contributed by atoms with Gasteiger partial charge in [0.25, 0.3) is 0 Å². The van der Waals surface area contributed by atoms with Gasteiger partial charge in [0.05, 0.1) is 18.4 Å². The Morgan fingerprint density at radius 3 is 2.84 bits per heavy atom. The van der Waals surface area contributed by atoms with Crippen molar-refractivity contribution in [3.63, 3.8) is 0 Å². The van der Waals surface area contributed by atoms with E-state index in [2.05, 4.69) is 39.8 Å². The van der Waals surface area contributed by atoms with Crippen LogP contribution in [0, 0.1) is 5.92 Å². The number of piperidine rings is 1. The number of carboxylic acid groups (broad SMARTS) is 1. The van der Waals surface area contributed by atoms with E-state index in [9.17, 15) is 14.7 Å². The number of amides is 1. The average molecular weight is 527 g/mol. The van der Waals surface area contributed by atoms with Crippen molar-refractivity contribution in [3.8, 4) is 0 Å². The number of aryl methyl sites for hydroxylation is 2. The minimum absolute atomic E-state index is 0. The van der Waals surface area contributed by atoms with E-state index in [1.807, 2.05) is 12.1 Å². The van der Waals surface area contributed by atoms with Crippen molar-refractivity contribution in [1.82, 2.24) is 15.2 Å². The summed E-state index contributed by atoms with van der Waals surface area (Å²) in [5.41, 5.74) is 4.59. The molecule has 2 aromatic rings. The fraction of sp³-hybridized carbons (Fsp3) is 0.552. The molecular formula is C29H39ClN4O3. The number of pyridine rings is 1. The number of aromatic nitrogens is 1. The molecule has 37 heavy (non-hydrogen) atoms. The van der Waals surface area contributed by atoms with Gasteiger partial charge in [0, 0.05) is 18.8 Å². The lowest BCUT2D eigenvalue weighted by Crippen LogP contribution is -2.44. The highest BCUT2D eigenvalue weighted by Crippen LogP contribution is 2.40. The van der Waals surface area contributed by atoms with Gasteiger partial charge in [0.15, 0.2) is 0 Å². The van der Waals surface area contributed by atoms with Gasteiger partial charge in [0.2, 0.25) is 5.91 Å². The molecule has 0 radical (unpaired) electrons. The third kappa shape index (κ3) is 7.45. The number of hydrogen-bond acceptors (Lipinski definition) is 5. The summed E-state index contributed by atoms with van der Waals surface area (Å²) in [6.07, 6.45) is 8.33. The van der Waals surface area contributed by atoms with Crippen LogP contribution in [0.1, 0.15) is 79.3 Å². The maximum absolute atomic E-state index is 13.2. The number of fused-ring (bicyclic) bond motifs is 1. The molecule has 1 saturated heterocycles. The first-order chi connectivity index (χ1) is 17.5. The molecule has 3 N–H and O–H groups in total. The van der Waals surface area contributed by atoms with Crippen LogP contribution in [-0.2, 0) is 22.4 Å². The number of anilines is 1. The van der Waals surface area contributed by atoms with Crippen molar-refractivity contribution in [2.45, 2.75) is 69.7 Å². The van der Waals surface area contributed by atoms with Crippen molar-refractivity contribution < 1.29 is 14.7 Å². The fourth-order valence-electron chi connectivity index (χ4n) is 5.63. The van der Waals surface area contributed by atoms with Crippen molar-refractivity contribution in [2.24, 2.45) is 5.92 Å². The molecule has 3 heterocycles. The molecule has 0 bridgehead atoms. The Hall–Kier alpha value is -2.64. The predicted octanol–water partition coefficient (Wildman–Crippen LogP) is 4.72. The zero-order valence-corrected chi connectivity index (χ0v) is 22.3. The van der Waals surface area contributed by atoms with Crippen LogP contribution in [-0.4, -0.2) is 53.0 Å². The Morgan fingerprint density at radius 2 is 2.03 bits per heavy atom. The van der Waals surface area contributed by atoms with Gasteiger partial charge in [-0.2, -0.15) is 0 Å². The van der Waals surface area contributed by atoms with E-state index in [0.29, 0.717) is 5.92 Å². The van der Waals surface area contributed by atoms with Crippen LogP contribution in [0.25, 0.3) is 0 Å². The van der Waals surface area contributed by atoms with E-state index in [0.717, 1.165) is 75.4 Å². The van der Waals surface area contributed by atoms with Crippen LogP contribution in [0.3, 0.4) is 0 Å². The lowest BCUT2D eigenvalue weighted by molar-refractivity contribution is -0.138. The van der Waals surface area contributed by atoms with Crippen molar-refractivity contribution >= 4 is 30.1 Å². The number of hydrogen-bond donors (Lipinski definition) is 3. The topological polar surface area (TPSA) is 94.6 Å². The van der Waals surface area contributed by atoms with Gasteiger partial charge in [-0.15, -0.1) is 12.4 Å². The number of carbonyl (C=O) groups is 2. The molecule has 1 aromatic heterocycles. The summed E-state index contributed by atoms with van der Waals surface area (Å²) in [4.78, 5) is 32.0. The van der Waals surface area contributed by atoms with Gasteiger partial charge < -0.3 is 20.6 Å². The lowest BCUT2D eigenvalue weighted by atomic mass is 9.94. The molecule has 3 aliphatic rings. The number of rotatable bonds is 10. The fourth-order valence-corrected chi connectivity index (χ4v) is 5.63. The Bertz CT molecular complexity index is 1090. The first-order valence-electron chi connectivity index (χ1n) is 13.6. The molecule has 5 rings (SSSR count). The number of aliphatic carboxylic acids is 1. The molecule has 2 aliphatic heterocycles. The monoisotopic (exact) mass is 526 g/mol. The molecule has 1 amide bonds. The van der Waals surface area contributed by atoms with Crippen molar-refractivity contribution in [1.29, 1.82) is 0 Å². The second-order valence-electron chi connectivity index (χ2n) is 10.7. The van der Waals surface area contributed by atoms with Crippen LogP contribution < -0.4 is 10.6 Å². The van der Waals surface area contributed by atoms with Crippen LogP contribution in [0.5, 0.6) is 0 Å². The van der Waals surface area contributed by atoms with Gasteiger partial charge in [-0.25, -0.2) is 4.98 Å². The summed E-state index contributed by atoms with van der Waals surface area (Å²) in [5, 5.41) is 16.0. The lowest BCUT2D eigenvalue weighted by Gasteiger charge is -2.33. The van der Waals surface area contributed by atoms with Crippen molar-refractivity contribution in [3.05, 3.63) is 58.8 Å². The number of benzene rings is 1. The predicted molar refractivity (Wildman–Crippen MR) is 147 cm³/mol. The van der Waals surface area contributed by atoms with E-state index in [1.165, 1.54) is 30.4 Å². The zero-order valence-electron chi connectivity index (χ0n) is 21.5. The van der Waals surface area contributed by atoms with E-state index < -0.39 is 12.0 Å². The van der Waals surface area contributed by atoms with Gasteiger partial charge >= 0.3 is 5.97 Å². The minimum Gasteiger partial charge on any atom is -0.481 e. The largest absolute Gasteiger partial charge is 0.481 e. The molecule has 1 aliphatic carbocycles. The first-order valence-corrected chi connectivity index (χ1v) is 13.6. The molecule has 0 unspecified atom stereocenters. The van der Waals surface area contributed by atoms with E-state index >= 15 is 0 Å². The Balaban J connectivity index is 0.00000320. The molecule has 7 nitrogen and oxygen atoms in total. The molecule has 1 aromatic carbocycles. The Morgan fingerprint density at radius 1 is 1.16 bits per heavy atom. The number of nitrogens with one attached hydrogen (secondary N) is 2. The van der Waals surface area contributed by atoms with Gasteiger partial charge in [0.1, 0.15) is 5.82 Å². The standard InChI is InChI=1S/C29H38N4O3.ClH/c34-27(35)18-26(23-6-1-5-22(17-23)20-10-11-20)32-29(36)24-8-3-15-33(19-24)16-4-9-25-13-12-21-7-2-14-30-28(21)31-25;/h1,5-6,12-13,17,20,24,26H,2-4,7-11,14-16,18-19H2,(H,30,31)(H,32,36)(H,34,35);1H/t24-,26+;/m1./s1. The summed E-state index contributed by atoms with van der Waals surface area (Å²) >= 11 is 0. The second-order valence-corrected chi connectivity index (χ2v) is 10.7. The van der Waals surface area contributed by atoms with Gasteiger partial charge in [-0.1, -0.05) is 30.3 Å². The number of carboxylic acids is 1. The van der Waals surface area contributed by atoms with E-state index in [1.54, 1.807) is 0 Å². The SMILES string of the molecule is Cl.O=C(O)C[C@H](NC(=O)[C@@H]1CCCN(CCCc2ccc3c(n2)NCCC3)C1)c1cccc(C2CC2)c1. The summed E-state index contributed by atoms with van der Waals surface area (Å²) in [6.45, 7) is 3.68. The van der Waals surface area contributed by atoms with Gasteiger partial charge in [-0.05, 0) is 93.1 Å². The smallest absolute Gasteiger partial charge is 0.305 e. The third-order valence-electron chi connectivity index (χ3n) is 7.79. The molecular weight excluding hydrogens is 488 g/mol. The maximum atomic E-state index is 13.2. The normalized spacial score (nSPS) is 20.2. The number of nitrogens with zero attached hydrogens (tertiary/aromatic N) is 2. The number of likely N-dealkylation sites (tertiary alicyclic amines) is 1. The quantitative estimate of drug-likeness (QED) is 0.415. The summed E-state index contributed by atoms with van der Waals surface area (Å²) in [6, 6.07) is 12.0. The Kier molecular flexibility index (Phi) is 9.43. The molecule has 2 fully saturated rings. The third-order valence-corrected chi connectivity index (χ3v) is 7.79. The Labute approximate surface area is 225 Å². The zero-order chi connectivity index (χ0) is 24.9. The molecule has 8 heteroatoms. The summed E-state index contributed by atoms with van der Waals surface area (Å²) in [7, 11) is 0.